The Morgan fingerprint density at radius 3 is 2.33 bits per heavy atom. The van der Waals surface area contributed by atoms with Crippen LogP contribution in [0.4, 0.5) is 0 Å². The van der Waals surface area contributed by atoms with E-state index in [1.54, 1.807) is 31.2 Å². The fourth-order valence-corrected chi connectivity index (χ4v) is 3.35. The Hall–Kier alpha value is -1.93. The van der Waals surface area contributed by atoms with Crippen LogP contribution in [-0.2, 0) is 14.8 Å². The quantitative estimate of drug-likeness (QED) is 0.555. The van der Waals surface area contributed by atoms with Crippen LogP contribution in [-0.4, -0.2) is 56.5 Å². The number of sulfonamides is 1. The van der Waals surface area contributed by atoms with E-state index < -0.39 is 16.1 Å². The highest BCUT2D eigenvalue weighted by Gasteiger charge is 2.26. The van der Waals surface area contributed by atoms with Gasteiger partial charge >= 0.3 is 0 Å². The molecule has 0 aliphatic rings. The first-order valence-electron chi connectivity index (χ1n) is 9.30. The summed E-state index contributed by atoms with van der Waals surface area (Å²) in [5, 5.41) is 5.61. The Labute approximate surface area is 162 Å². The van der Waals surface area contributed by atoms with Gasteiger partial charge in [0.25, 0.3) is 5.91 Å². The average Bonchev–Trinajstić information content (AvgIpc) is 2.68. The maximum Gasteiger partial charge on any atom is 0.251 e. The first kappa shape index (κ1) is 23.1. The molecule has 0 bridgehead atoms. The van der Waals surface area contributed by atoms with Gasteiger partial charge in [0.05, 0.1) is 5.75 Å². The number of rotatable bonds is 11. The Kier molecular flexibility index (Phi) is 9.45. The SMILES string of the molecule is CCC(C)C(NC(=O)c1ccccc1)C(=O)NCCCN(C)S(=O)(=O)CC. The minimum Gasteiger partial charge on any atom is -0.354 e. The molecule has 0 saturated carbocycles. The lowest BCUT2D eigenvalue weighted by atomic mass is 9.98. The summed E-state index contributed by atoms with van der Waals surface area (Å²) in [4.78, 5) is 24.9. The lowest BCUT2D eigenvalue weighted by Crippen LogP contribution is -2.50. The molecule has 2 unspecified atom stereocenters. The van der Waals surface area contributed by atoms with Crippen LogP contribution in [0.3, 0.4) is 0 Å². The van der Waals surface area contributed by atoms with Crippen molar-refractivity contribution in [3.63, 3.8) is 0 Å². The minimum absolute atomic E-state index is 0.0270. The molecular formula is C19H31N3O4S. The Morgan fingerprint density at radius 1 is 1.15 bits per heavy atom. The van der Waals surface area contributed by atoms with Gasteiger partial charge in [-0.3, -0.25) is 9.59 Å². The number of carbonyl (C=O) groups is 2. The summed E-state index contributed by atoms with van der Waals surface area (Å²) in [5.74, 6) is -0.516. The molecule has 152 valence electrons. The standard InChI is InChI=1S/C19H31N3O4S/c1-5-15(3)17(21-18(23)16-11-8-7-9-12-16)19(24)20-13-10-14-22(4)27(25,26)6-2/h7-9,11-12,15,17H,5-6,10,13-14H2,1-4H3,(H,20,24)(H,21,23). The third-order valence-corrected chi connectivity index (χ3v) is 6.47. The van der Waals surface area contributed by atoms with Gasteiger partial charge < -0.3 is 10.6 Å². The molecule has 2 amide bonds. The summed E-state index contributed by atoms with van der Waals surface area (Å²) < 4.78 is 24.7. The van der Waals surface area contributed by atoms with Crippen molar-refractivity contribution < 1.29 is 18.0 Å². The molecular weight excluding hydrogens is 366 g/mol. The normalized spacial score (nSPS) is 13.8. The fraction of sp³-hybridized carbons (Fsp3) is 0.579. The zero-order chi connectivity index (χ0) is 20.4. The van der Waals surface area contributed by atoms with Crippen molar-refractivity contribution in [3.8, 4) is 0 Å². The lowest BCUT2D eigenvalue weighted by Gasteiger charge is -2.24. The van der Waals surface area contributed by atoms with Crippen molar-refractivity contribution in [2.45, 2.75) is 39.7 Å². The second-order valence-electron chi connectivity index (χ2n) is 6.57. The molecule has 0 fully saturated rings. The van der Waals surface area contributed by atoms with E-state index in [0.29, 0.717) is 25.1 Å². The van der Waals surface area contributed by atoms with Gasteiger partial charge in [-0.1, -0.05) is 38.5 Å². The van der Waals surface area contributed by atoms with E-state index in [2.05, 4.69) is 10.6 Å². The number of carbonyl (C=O) groups excluding carboxylic acids is 2. The third-order valence-electron chi connectivity index (χ3n) is 4.61. The molecule has 0 saturated heterocycles. The van der Waals surface area contributed by atoms with Gasteiger partial charge in [-0.2, -0.15) is 0 Å². The van der Waals surface area contributed by atoms with E-state index in [-0.39, 0.29) is 23.5 Å². The molecule has 0 radical (unpaired) electrons. The van der Waals surface area contributed by atoms with E-state index in [9.17, 15) is 18.0 Å². The van der Waals surface area contributed by atoms with E-state index in [0.717, 1.165) is 6.42 Å². The predicted molar refractivity (Wildman–Crippen MR) is 107 cm³/mol. The summed E-state index contributed by atoms with van der Waals surface area (Å²) >= 11 is 0. The van der Waals surface area contributed by atoms with Gasteiger partial charge in [0.2, 0.25) is 15.9 Å². The van der Waals surface area contributed by atoms with Gasteiger partial charge in [0, 0.05) is 25.7 Å². The fourth-order valence-electron chi connectivity index (χ4n) is 2.50. The first-order chi connectivity index (χ1) is 12.7. The number of nitrogens with zero attached hydrogens (tertiary/aromatic N) is 1. The molecule has 1 aromatic rings. The first-order valence-corrected chi connectivity index (χ1v) is 10.9. The number of hydrogen-bond donors (Lipinski definition) is 2. The molecule has 27 heavy (non-hydrogen) atoms. The maximum atomic E-state index is 12.6. The highest BCUT2D eigenvalue weighted by molar-refractivity contribution is 7.89. The maximum absolute atomic E-state index is 12.6. The van der Waals surface area contributed by atoms with E-state index in [1.807, 2.05) is 19.9 Å². The van der Waals surface area contributed by atoms with Gasteiger partial charge in [-0.05, 0) is 31.4 Å². The molecule has 1 aromatic carbocycles. The van der Waals surface area contributed by atoms with Crippen molar-refractivity contribution >= 4 is 21.8 Å². The summed E-state index contributed by atoms with van der Waals surface area (Å²) in [5.41, 5.74) is 0.505. The van der Waals surface area contributed by atoms with Crippen molar-refractivity contribution in [1.82, 2.24) is 14.9 Å². The van der Waals surface area contributed by atoms with E-state index in [4.69, 9.17) is 0 Å². The van der Waals surface area contributed by atoms with Crippen LogP contribution in [0.15, 0.2) is 30.3 Å². The summed E-state index contributed by atoms with van der Waals surface area (Å²) in [6.07, 6.45) is 1.24. The predicted octanol–water partition coefficient (Wildman–Crippen LogP) is 1.62. The zero-order valence-corrected chi connectivity index (χ0v) is 17.4. The molecule has 7 nitrogen and oxygen atoms in total. The second-order valence-corrected chi connectivity index (χ2v) is 8.93. The van der Waals surface area contributed by atoms with Crippen molar-refractivity contribution in [2.24, 2.45) is 5.92 Å². The van der Waals surface area contributed by atoms with E-state index in [1.165, 1.54) is 11.4 Å². The number of benzene rings is 1. The van der Waals surface area contributed by atoms with Crippen molar-refractivity contribution in [2.75, 3.05) is 25.9 Å². The largest absolute Gasteiger partial charge is 0.354 e. The summed E-state index contributed by atoms with van der Waals surface area (Å²) in [6.45, 7) is 6.15. The monoisotopic (exact) mass is 397 g/mol. The van der Waals surface area contributed by atoms with Crippen LogP contribution in [0, 0.1) is 5.92 Å². The highest BCUT2D eigenvalue weighted by atomic mass is 32.2. The van der Waals surface area contributed by atoms with Gasteiger partial charge in [-0.15, -0.1) is 0 Å². The Bertz CT molecular complexity index is 707. The van der Waals surface area contributed by atoms with Crippen molar-refractivity contribution in [1.29, 1.82) is 0 Å². The number of hydrogen-bond acceptors (Lipinski definition) is 4. The van der Waals surface area contributed by atoms with Gasteiger partial charge in [0.15, 0.2) is 0 Å². The lowest BCUT2D eigenvalue weighted by molar-refractivity contribution is -0.124. The summed E-state index contributed by atoms with van der Waals surface area (Å²) in [7, 11) is -1.69. The van der Waals surface area contributed by atoms with Gasteiger partial charge in [-0.25, -0.2) is 12.7 Å². The van der Waals surface area contributed by atoms with Crippen LogP contribution >= 0.6 is 0 Å². The van der Waals surface area contributed by atoms with Crippen LogP contribution in [0.1, 0.15) is 44.0 Å². The van der Waals surface area contributed by atoms with E-state index >= 15 is 0 Å². The molecule has 2 atom stereocenters. The van der Waals surface area contributed by atoms with Crippen LogP contribution in [0.5, 0.6) is 0 Å². The van der Waals surface area contributed by atoms with Crippen LogP contribution in [0.2, 0.25) is 0 Å². The smallest absolute Gasteiger partial charge is 0.251 e. The van der Waals surface area contributed by atoms with Crippen LogP contribution < -0.4 is 10.6 Å². The molecule has 8 heteroatoms. The third kappa shape index (κ3) is 7.30. The molecule has 2 N–H and O–H groups in total. The minimum atomic E-state index is -3.22. The molecule has 0 aliphatic carbocycles. The number of nitrogens with one attached hydrogen (secondary N) is 2. The molecule has 0 spiro atoms. The average molecular weight is 398 g/mol. The molecule has 0 aliphatic heterocycles. The topological polar surface area (TPSA) is 95.6 Å². The zero-order valence-electron chi connectivity index (χ0n) is 16.6. The second kappa shape index (κ2) is 11.0. The number of amides is 2. The highest BCUT2D eigenvalue weighted by Crippen LogP contribution is 2.10. The Morgan fingerprint density at radius 2 is 1.78 bits per heavy atom. The molecule has 1 rings (SSSR count). The van der Waals surface area contributed by atoms with Crippen LogP contribution in [0.25, 0.3) is 0 Å². The van der Waals surface area contributed by atoms with Gasteiger partial charge in [0.1, 0.15) is 6.04 Å². The van der Waals surface area contributed by atoms with Crippen molar-refractivity contribution in [3.05, 3.63) is 35.9 Å². The Balaban J connectivity index is 2.59. The molecule has 0 heterocycles. The summed E-state index contributed by atoms with van der Waals surface area (Å²) in [6, 6.07) is 8.13. The molecule has 0 aromatic heterocycles.